The van der Waals surface area contributed by atoms with Gasteiger partial charge in [0.1, 0.15) is 5.56 Å². The Bertz CT molecular complexity index is 893. The number of amides is 1. The first-order valence-corrected chi connectivity index (χ1v) is 10.8. The number of piperidine rings is 1. The third-order valence-corrected chi connectivity index (χ3v) is 7.54. The van der Waals surface area contributed by atoms with Gasteiger partial charge in [-0.25, -0.2) is 0 Å². The summed E-state index contributed by atoms with van der Waals surface area (Å²) in [6.45, 7) is 5.40. The standard InChI is InChI=1S/C18H28N4O4S/c1-5-21-13(2)6-9-16(17(21)23)18(24)22-11-14-7-8-15(22)12-20(10-14)27(25,26)19(3)4/h6,9,14-15H,5,7-8,10-12H2,1-4H3/t14-,15+/m1/s1. The van der Waals surface area contributed by atoms with Gasteiger partial charge in [-0.2, -0.15) is 17.0 Å². The number of carbonyl (C=O) groups excluding carboxylic acids is 1. The average molecular weight is 397 g/mol. The van der Waals surface area contributed by atoms with Crippen molar-refractivity contribution in [1.29, 1.82) is 0 Å². The molecule has 27 heavy (non-hydrogen) atoms. The molecule has 4 rings (SSSR count). The van der Waals surface area contributed by atoms with Gasteiger partial charge in [-0.05, 0) is 44.7 Å². The molecular weight excluding hydrogens is 368 g/mol. The highest BCUT2D eigenvalue weighted by Crippen LogP contribution is 2.30. The summed E-state index contributed by atoms with van der Waals surface area (Å²) in [7, 11) is -0.488. The molecule has 4 heterocycles. The first-order valence-electron chi connectivity index (χ1n) is 9.35. The summed E-state index contributed by atoms with van der Waals surface area (Å²) in [5.74, 6) is -0.206. The second-order valence-electron chi connectivity index (χ2n) is 7.60. The molecule has 0 spiro atoms. The molecule has 1 amide bonds. The highest BCUT2D eigenvalue weighted by Gasteiger charge is 2.42. The summed E-state index contributed by atoms with van der Waals surface area (Å²) < 4.78 is 29.4. The van der Waals surface area contributed by atoms with Crippen molar-refractivity contribution in [3.8, 4) is 0 Å². The van der Waals surface area contributed by atoms with Crippen LogP contribution in [0.5, 0.6) is 0 Å². The van der Waals surface area contributed by atoms with Gasteiger partial charge in [0, 0.05) is 52.0 Å². The second kappa shape index (κ2) is 7.37. The van der Waals surface area contributed by atoms with E-state index in [0.29, 0.717) is 19.6 Å². The largest absolute Gasteiger partial charge is 0.334 e. The molecule has 9 heteroatoms. The van der Waals surface area contributed by atoms with E-state index < -0.39 is 10.2 Å². The maximum absolute atomic E-state index is 13.2. The van der Waals surface area contributed by atoms with E-state index in [9.17, 15) is 18.0 Å². The maximum Gasteiger partial charge on any atom is 0.281 e. The summed E-state index contributed by atoms with van der Waals surface area (Å²) >= 11 is 0. The van der Waals surface area contributed by atoms with Crippen LogP contribution >= 0.6 is 0 Å². The fourth-order valence-corrected chi connectivity index (χ4v) is 5.31. The van der Waals surface area contributed by atoms with Crippen molar-refractivity contribution >= 4 is 16.1 Å². The van der Waals surface area contributed by atoms with E-state index in [4.69, 9.17) is 0 Å². The molecule has 8 nitrogen and oxygen atoms in total. The van der Waals surface area contributed by atoms with Crippen LogP contribution in [-0.4, -0.2) is 72.2 Å². The molecule has 0 radical (unpaired) electrons. The van der Waals surface area contributed by atoms with Crippen molar-refractivity contribution < 1.29 is 13.2 Å². The third kappa shape index (κ3) is 3.55. The minimum atomic E-state index is -3.52. The van der Waals surface area contributed by atoms with Gasteiger partial charge in [0.2, 0.25) is 0 Å². The van der Waals surface area contributed by atoms with Crippen molar-refractivity contribution in [2.45, 2.75) is 39.3 Å². The van der Waals surface area contributed by atoms with Crippen LogP contribution in [-0.2, 0) is 16.8 Å². The Kier molecular flexibility index (Phi) is 5.47. The predicted octanol–water partition coefficient (Wildman–Crippen LogP) is 0.519. The lowest BCUT2D eigenvalue weighted by Gasteiger charge is -2.36. The van der Waals surface area contributed by atoms with Crippen LogP contribution in [0.3, 0.4) is 0 Å². The van der Waals surface area contributed by atoms with Crippen LogP contribution in [0.1, 0.15) is 35.8 Å². The van der Waals surface area contributed by atoms with Gasteiger partial charge in [0.15, 0.2) is 0 Å². The van der Waals surface area contributed by atoms with E-state index in [1.54, 1.807) is 21.6 Å². The Hall–Kier alpha value is -1.71. The Balaban J connectivity index is 1.91. The molecule has 2 bridgehead atoms. The van der Waals surface area contributed by atoms with Crippen molar-refractivity contribution in [2.75, 3.05) is 33.7 Å². The predicted molar refractivity (Wildman–Crippen MR) is 103 cm³/mol. The smallest absolute Gasteiger partial charge is 0.281 e. The van der Waals surface area contributed by atoms with E-state index in [1.165, 1.54) is 22.7 Å². The summed E-state index contributed by atoms with van der Waals surface area (Å²) in [6, 6.07) is 3.18. The molecule has 150 valence electrons. The van der Waals surface area contributed by atoms with Crippen LogP contribution in [0.15, 0.2) is 16.9 Å². The molecular formula is C18H28N4O4S. The molecule has 3 aliphatic heterocycles. The number of carbonyl (C=O) groups is 1. The normalized spacial score (nSPS) is 23.7. The zero-order valence-electron chi connectivity index (χ0n) is 16.4. The molecule has 0 saturated carbocycles. The van der Waals surface area contributed by atoms with Crippen LogP contribution in [0, 0.1) is 12.8 Å². The third-order valence-electron chi connectivity index (χ3n) is 5.67. The van der Waals surface area contributed by atoms with Gasteiger partial charge < -0.3 is 9.47 Å². The number of aryl methyl sites for hydroxylation is 1. The summed E-state index contributed by atoms with van der Waals surface area (Å²) in [5.41, 5.74) is 0.706. The Labute approximate surface area is 160 Å². The van der Waals surface area contributed by atoms with Crippen molar-refractivity contribution in [1.82, 2.24) is 18.1 Å². The molecule has 3 aliphatic rings. The number of nitrogens with zero attached hydrogens (tertiary/aromatic N) is 4. The van der Waals surface area contributed by atoms with Crippen molar-refractivity contribution in [3.05, 3.63) is 33.7 Å². The summed E-state index contributed by atoms with van der Waals surface area (Å²) in [5, 5.41) is 0. The highest BCUT2D eigenvalue weighted by atomic mass is 32.2. The Morgan fingerprint density at radius 1 is 1.19 bits per heavy atom. The monoisotopic (exact) mass is 396 g/mol. The zero-order valence-corrected chi connectivity index (χ0v) is 17.2. The molecule has 0 N–H and O–H groups in total. The molecule has 2 atom stereocenters. The van der Waals surface area contributed by atoms with Gasteiger partial charge in [0.05, 0.1) is 0 Å². The first-order chi connectivity index (χ1) is 12.7. The minimum absolute atomic E-state index is 0.0845. The van der Waals surface area contributed by atoms with Gasteiger partial charge in [-0.15, -0.1) is 0 Å². The second-order valence-corrected chi connectivity index (χ2v) is 9.74. The molecule has 0 aliphatic carbocycles. The Morgan fingerprint density at radius 2 is 1.89 bits per heavy atom. The molecule has 3 saturated heterocycles. The highest BCUT2D eigenvalue weighted by molar-refractivity contribution is 7.86. The summed E-state index contributed by atoms with van der Waals surface area (Å²) in [6.07, 6.45) is 1.64. The van der Waals surface area contributed by atoms with Gasteiger partial charge in [-0.3, -0.25) is 9.59 Å². The quantitative estimate of drug-likeness (QED) is 0.743. The molecule has 1 aromatic rings. The molecule has 0 aromatic carbocycles. The van der Waals surface area contributed by atoms with E-state index >= 15 is 0 Å². The number of hydrogen-bond acceptors (Lipinski definition) is 4. The number of aromatic nitrogens is 1. The number of rotatable bonds is 4. The topological polar surface area (TPSA) is 82.9 Å². The minimum Gasteiger partial charge on any atom is -0.334 e. The van der Waals surface area contributed by atoms with Crippen LogP contribution in [0.2, 0.25) is 0 Å². The van der Waals surface area contributed by atoms with E-state index in [-0.39, 0.29) is 35.5 Å². The van der Waals surface area contributed by atoms with Crippen LogP contribution in [0.4, 0.5) is 0 Å². The maximum atomic E-state index is 13.2. The summed E-state index contributed by atoms with van der Waals surface area (Å²) in [4.78, 5) is 27.6. The number of pyridine rings is 1. The number of hydrogen-bond donors (Lipinski definition) is 0. The van der Waals surface area contributed by atoms with Gasteiger partial charge in [0.25, 0.3) is 21.7 Å². The van der Waals surface area contributed by atoms with Gasteiger partial charge in [-0.1, -0.05) is 0 Å². The SMILES string of the molecule is CCn1c(C)ccc(C(=O)N2C[C@@H]3CC[C@H]2CN(S(=O)(=O)N(C)C)C3)c1=O. The number of fused-ring (bicyclic) bond motifs is 4. The van der Waals surface area contributed by atoms with Crippen LogP contribution in [0.25, 0.3) is 0 Å². The van der Waals surface area contributed by atoms with Crippen molar-refractivity contribution in [3.63, 3.8) is 0 Å². The Morgan fingerprint density at radius 3 is 2.52 bits per heavy atom. The van der Waals surface area contributed by atoms with E-state index in [2.05, 4.69) is 0 Å². The fraction of sp³-hybridized carbons (Fsp3) is 0.667. The van der Waals surface area contributed by atoms with Crippen molar-refractivity contribution in [2.24, 2.45) is 5.92 Å². The average Bonchev–Trinajstić information content (AvgIpc) is 2.94. The van der Waals surface area contributed by atoms with E-state index in [1.807, 2.05) is 13.8 Å². The molecule has 1 aromatic heterocycles. The van der Waals surface area contributed by atoms with E-state index in [0.717, 1.165) is 18.5 Å². The first kappa shape index (κ1) is 20.0. The fourth-order valence-electron chi connectivity index (χ4n) is 4.09. The zero-order chi connectivity index (χ0) is 19.9. The molecule has 0 unspecified atom stereocenters. The van der Waals surface area contributed by atoms with Gasteiger partial charge >= 0.3 is 0 Å². The molecule has 3 fully saturated rings. The lowest BCUT2D eigenvalue weighted by Crippen LogP contribution is -2.49. The van der Waals surface area contributed by atoms with Crippen LogP contribution < -0.4 is 5.56 Å². The lowest BCUT2D eigenvalue weighted by atomic mass is 9.94. The lowest BCUT2D eigenvalue weighted by molar-refractivity contribution is 0.0586.